The molecule has 1 N–H and O–H groups in total. The summed E-state index contributed by atoms with van der Waals surface area (Å²) in [7, 11) is 0. The highest BCUT2D eigenvalue weighted by atomic mass is 16.7. The van der Waals surface area contributed by atoms with Gasteiger partial charge in [0.2, 0.25) is 0 Å². The summed E-state index contributed by atoms with van der Waals surface area (Å²) in [4.78, 5) is 10.5. The van der Waals surface area contributed by atoms with Gasteiger partial charge in [0.1, 0.15) is 5.75 Å². The van der Waals surface area contributed by atoms with E-state index in [0.29, 0.717) is 5.75 Å². The molecule has 1 aromatic carbocycles. The molecule has 0 fully saturated rings. The Bertz CT molecular complexity index is 366. The molecule has 0 aromatic heterocycles. The van der Waals surface area contributed by atoms with Gasteiger partial charge in [-0.25, -0.2) is 4.79 Å². The summed E-state index contributed by atoms with van der Waals surface area (Å²) in [5, 5.41) is 8.64. The summed E-state index contributed by atoms with van der Waals surface area (Å²) in [6, 6.07) is 6.16. The molecule has 1 atom stereocenters. The number of rotatable bonds is 3. The summed E-state index contributed by atoms with van der Waals surface area (Å²) in [5.74, 6) is -0.360. The molecule has 0 saturated heterocycles. The molecular formula is C10H8O4. The van der Waals surface area contributed by atoms with Crippen molar-refractivity contribution in [1.82, 2.24) is 0 Å². The Morgan fingerprint density at radius 1 is 1.36 bits per heavy atom. The first kappa shape index (κ1) is 8.62. The number of ether oxygens (including phenoxy) is 2. The maximum absolute atomic E-state index is 10.5. The molecule has 1 aromatic rings. The zero-order chi connectivity index (χ0) is 9.97. The van der Waals surface area contributed by atoms with E-state index in [0.717, 1.165) is 0 Å². The Kier molecular flexibility index (Phi) is 2.10. The minimum absolute atomic E-state index is 0.238. The number of hydrogen-bond donors (Lipinski definition) is 1. The highest BCUT2D eigenvalue weighted by Gasteiger charge is 2.12. The number of hydrogen-bond acceptors (Lipinski definition) is 3. The van der Waals surface area contributed by atoms with E-state index in [-0.39, 0.29) is 11.9 Å². The Balaban J connectivity index is 2.05. The topological polar surface area (TPSA) is 55.8 Å². The fourth-order valence-electron chi connectivity index (χ4n) is 1.02. The van der Waals surface area contributed by atoms with Crippen LogP contribution in [0.1, 0.15) is 10.4 Å². The molecule has 0 radical (unpaired) electrons. The van der Waals surface area contributed by atoms with E-state index < -0.39 is 5.97 Å². The second-order valence-electron chi connectivity index (χ2n) is 2.78. The lowest BCUT2D eigenvalue weighted by Crippen LogP contribution is -2.21. The van der Waals surface area contributed by atoms with Crippen LogP contribution >= 0.6 is 0 Å². The highest BCUT2D eigenvalue weighted by Crippen LogP contribution is 2.17. The van der Waals surface area contributed by atoms with Crippen LogP contribution in [0, 0.1) is 0 Å². The minimum Gasteiger partial charge on any atom is -0.478 e. The van der Waals surface area contributed by atoms with Crippen LogP contribution in [0.2, 0.25) is 0 Å². The zero-order valence-corrected chi connectivity index (χ0v) is 7.21. The highest BCUT2D eigenvalue weighted by molar-refractivity contribution is 5.87. The molecule has 0 saturated carbocycles. The quantitative estimate of drug-likeness (QED) is 0.790. The molecule has 0 aliphatic carbocycles. The van der Waals surface area contributed by atoms with Crippen molar-refractivity contribution in [3.63, 3.8) is 0 Å². The Labute approximate surface area is 80.4 Å². The molecule has 2 rings (SSSR count). The largest absolute Gasteiger partial charge is 0.478 e. The van der Waals surface area contributed by atoms with Gasteiger partial charge < -0.3 is 14.6 Å². The molecule has 0 bridgehead atoms. The van der Waals surface area contributed by atoms with Gasteiger partial charge in [0.25, 0.3) is 6.29 Å². The van der Waals surface area contributed by atoms with Crippen molar-refractivity contribution < 1.29 is 19.4 Å². The Hall–Kier alpha value is -1.97. The maximum atomic E-state index is 10.5. The summed E-state index contributed by atoms with van der Waals surface area (Å²) in [6.07, 6.45) is 2.95. The van der Waals surface area contributed by atoms with Gasteiger partial charge in [0.05, 0.1) is 11.8 Å². The molecule has 72 valence electrons. The van der Waals surface area contributed by atoms with Crippen molar-refractivity contribution >= 4 is 5.97 Å². The smallest absolute Gasteiger partial charge is 0.335 e. The lowest BCUT2D eigenvalue weighted by atomic mass is 10.2. The third kappa shape index (κ3) is 1.69. The predicted molar refractivity (Wildman–Crippen MR) is 48.0 cm³/mol. The second kappa shape index (κ2) is 3.41. The first-order valence-electron chi connectivity index (χ1n) is 4.08. The van der Waals surface area contributed by atoms with Crippen LogP contribution in [0.25, 0.3) is 0 Å². The normalized spacial score (nSPS) is 18.1. The molecule has 14 heavy (non-hydrogen) atoms. The van der Waals surface area contributed by atoms with Crippen LogP contribution in [0.3, 0.4) is 0 Å². The zero-order valence-electron chi connectivity index (χ0n) is 7.21. The molecular weight excluding hydrogens is 184 g/mol. The van der Waals surface area contributed by atoms with Gasteiger partial charge in [0, 0.05) is 6.08 Å². The third-order valence-electron chi connectivity index (χ3n) is 1.80. The van der Waals surface area contributed by atoms with Crippen LogP contribution in [0.4, 0.5) is 0 Å². The average molecular weight is 192 g/mol. The van der Waals surface area contributed by atoms with Crippen molar-refractivity contribution in [2.75, 3.05) is 0 Å². The van der Waals surface area contributed by atoms with Gasteiger partial charge in [0.15, 0.2) is 0 Å². The summed E-state index contributed by atoms with van der Waals surface area (Å²) in [5.41, 5.74) is 0.238. The van der Waals surface area contributed by atoms with Crippen LogP contribution in [-0.4, -0.2) is 17.4 Å². The van der Waals surface area contributed by atoms with Gasteiger partial charge >= 0.3 is 5.97 Å². The molecule has 4 nitrogen and oxygen atoms in total. The van der Waals surface area contributed by atoms with Crippen molar-refractivity contribution in [2.45, 2.75) is 6.29 Å². The Morgan fingerprint density at radius 3 is 2.43 bits per heavy atom. The van der Waals surface area contributed by atoms with Crippen molar-refractivity contribution in [2.24, 2.45) is 0 Å². The van der Waals surface area contributed by atoms with Crippen molar-refractivity contribution in [1.29, 1.82) is 0 Å². The lowest BCUT2D eigenvalue weighted by Gasteiger charge is -2.20. The standard InChI is InChI=1S/C10H8O4/c11-10(12)7-1-3-8(4-2-7)14-9-5-6-13-9/h1-6,9H,(H,11,12). The van der Waals surface area contributed by atoms with Crippen LogP contribution in [0.5, 0.6) is 5.75 Å². The molecule has 1 unspecified atom stereocenters. The molecule has 1 aliphatic heterocycles. The van der Waals surface area contributed by atoms with E-state index in [4.69, 9.17) is 14.6 Å². The van der Waals surface area contributed by atoms with Gasteiger partial charge in [-0.2, -0.15) is 0 Å². The second-order valence-corrected chi connectivity index (χ2v) is 2.78. The van der Waals surface area contributed by atoms with Gasteiger partial charge in [-0.15, -0.1) is 0 Å². The van der Waals surface area contributed by atoms with E-state index in [1.54, 1.807) is 18.2 Å². The SMILES string of the molecule is O=C(O)c1ccc(OC2C=CO2)cc1. The van der Waals surface area contributed by atoms with E-state index in [1.807, 2.05) is 0 Å². The number of carboxylic acid groups (broad SMARTS) is 1. The number of carboxylic acids is 1. The van der Waals surface area contributed by atoms with Crippen molar-refractivity contribution in [3.05, 3.63) is 42.2 Å². The molecule has 1 heterocycles. The van der Waals surface area contributed by atoms with Crippen LogP contribution in [0.15, 0.2) is 36.6 Å². The first-order chi connectivity index (χ1) is 6.75. The maximum Gasteiger partial charge on any atom is 0.335 e. The van der Waals surface area contributed by atoms with E-state index in [9.17, 15) is 4.79 Å². The number of carbonyl (C=O) groups is 1. The summed E-state index contributed by atoms with van der Waals surface area (Å²) in [6.45, 7) is 0. The van der Waals surface area contributed by atoms with E-state index >= 15 is 0 Å². The summed E-state index contributed by atoms with van der Waals surface area (Å²) < 4.78 is 10.2. The first-order valence-corrected chi connectivity index (χ1v) is 4.08. The molecule has 1 aliphatic rings. The average Bonchev–Trinajstić information content (AvgIpc) is 2.12. The fraction of sp³-hybridized carbons (Fsp3) is 0.100. The predicted octanol–water partition coefficient (Wildman–Crippen LogP) is 1.63. The van der Waals surface area contributed by atoms with E-state index in [2.05, 4.69) is 0 Å². The third-order valence-corrected chi connectivity index (χ3v) is 1.80. The summed E-state index contributed by atoms with van der Waals surface area (Å²) >= 11 is 0. The molecule has 0 amide bonds. The van der Waals surface area contributed by atoms with Gasteiger partial charge in [-0.1, -0.05) is 0 Å². The van der Waals surface area contributed by atoms with E-state index in [1.165, 1.54) is 18.4 Å². The Morgan fingerprint density at radius 2 is 2.00 bits per heavy atom. The van der Waals surface area contributed by atoms with Crippen LogP contribution in [-0.2, 0) is 4.74 Å². The van der Waals surface area contributed by atoms with Gasteiger partial charge in [-0.05, 0) is 24.3 Å². The molecule has 4 heteroatoms. The van der Waals surface area contributed by atoms with Crippen molar-refractivity contribution in [3.8, 4) is 5.75 Å². The van der Waals surface area contributed by atoms with Crippen LogP contribution < -0.4 is 4.74 Å². The monoisotopic (exact) mass is 192 g/mol. The molecule has 0 spiro atoms. The lowest BCUT2D eigenvalue weighted by molar-refractivity contribution is -0.0246. The number of aromatic carboxylic acids is 1. The fourth-order valence-corrected chi connectivity index (χ4v) is 1.02. The minimum atomic E-state index is -0.948. The van der Waals surface area contributed by atoms with Gasteiger partial charge in [-0.3, -0.25) is 0 Å². The number of benzene rings is 1.